The minimum atomic E-state index is -2.16. The van der Waals surface area contributed by atoms with Gasteiger partial charge in [0.2, 0.25) is 5.91 Å². The third-order valence-corrected chi connectivity index (χ3v) is 7.93. The van der Waals surface area contributed by atoms with E-state index in [9.17, 15) is 19.8 Å². The van der Waals surface area contributed by atoms with Crippen LogP contribution in [-0.4, -0.2) is 51.4 Å². The van der Waals surface area contributed by atoms with Crippen LogP contribution in [-0.2, 0) is 14.3 Å². The van der Waals surface area contributed by atoms with Gasteiger partial charge in [0.25, 0.3) is 0 Å². The number of nitrogens with zero attached hydrogens (tertiary/aromatic N) is 1. The molecule has 210 valence electrons. The van der Waals surface area contributed by atoms with Gasteiger partial charge in [0.05, 0.1) is 30.4 Å². The molecule has 3 heterocycles. The van der Waals surface area contributed by atoms with Crippen molar-refractivity contribution in [3.05, 3.63) is 47.6 Å². The molecule has 38 heavy (non-hydrogen) atoms. The molecule has 1 amide bonds. The minimum Gasteiger partial charge on any atom is -0.373 e. The number of carbonyl (C=O) groups is 2. The fourth-order valence-corrected chi connectivity index (χ4v) is 5.02. The van der Waals surface area contributed by atoms with Gasteiger partial charge in [-0.1, -0.05) is 38.5 Å². The van der Waals surface area contributed by atoms with Gasteiger partial charge < -0.3 is 20.3 Å². The van der Waals surface area contributed by atoms with Gasteiger partial charge in [0.15, 0.2) is 5.79 Å². The van der Waals surface area contributed by atoms with Crippen LogP contribution >= 0.6 is 0 Å². The van der Waals surface area contributed by atoms with Crippen molar-refractivity contribution in [2.24, 2.45) is 17.3 Å². The average Bonchev–Trinajstić information content (AvgIpc) is 3.69. The highest BCUT2D eigenvalue weighted by atomic mass is 19.1. The standard InChI is InChI=1S/C30H43FN2O5/c1-20-8-7-9-21(2)30(36,37)24(13-12-23-19-38-23)28(35)29(3,4)16-15-27(34)33-26(14-11-20)25(31)18-22-10-5-6-17-32-22/h5-6,10-11,17-18,21,23-24,26,36-37H,7-9,12-16,19H2,1-4H3,(H,33,34). The van der Waals surface area contributed by atoms with Gasteiger partial charge in [-0.25, -0.2) is 4.39 Å². The molecule has 1 aromatic rings. The van der Waals surface area contributed by atoms with E-state index in [4.69, 9.17) is 4.74 Å². The van der Waals surface area contributed by atoms with Gasteiger partial charge in [-0.2, -0.15) is 0 Å². The number of ketones is 1. The summed E-state index contributed by atoms with van der Waals surface area (Å²) in [5.41, 5.74) is 0.510. The molecular weight excluding hydrogens is 487 g/mol. The molecule has 1 saturated heterocycles. The lowest BCUT2D eigenvalue weighted by Gasteiger charge is -2.39. The number of ether oxygens (including phenoxy) is 1. The van der Waals surface area contributed by atoms with E-state index in [2.05, 4.69) is 10.3 Å². The number of allylic oxidation sites excluding steroid dienone is 1. The Balaban J connectivity index is 1.85. The van der Waals surface area contributed by atoms with E-state index in [0.29, 0.717) is 44.4 Å². The zero-order valence-corrected chi connectivity index (χ0v) is 23.1. The summed E-state index contributed by atoms with van der Waals surface area (Å²) in [6.45, 7) is 7.81. The first-order valence-electron chi connectivity index (χ1n) is 13.7. The van der Waals surface area contributed by atoms with Gasteiger partial charge in [-0.15, -0.1) is 0 Å². The summed E-state index contributed by atoms with van der Waals surface area (Å²) in [7, 11) is 0. The number of rotatable bonds is 5. The van der Waals surface area contributed by atoms with E-state index in [1.807, 2.05) is 13.0 Å². The molecule has 4 atom stereocenters. The van der Waals surface area contributed by atoms with E-state index >= 15 is 4.39 Å². The molecule has 8 heteroatoms. The van der Waals surface area contributed by atoms with Crippen LogP contribution in [0.1, 0.15) is 84.8 Å². The summed E-state index contributed by atoms with van der Waals surface area (Å²) in [4.78, 5) is 30.8. The number of Topliss-reactive ketones (excluding diaryl/α,β-unsaturated/α-hetero) is 1. The largest absolute Gasteiger partial charge is 0.373 e. The average molecular weight is 531 g/mol. The Kier molecular flexibility index (Phi) is 10.4. The summed E-state index contributed by atoms with van der Waals surface area (Å²) in [6.07, 6.45) is 8.16. The molecule has 4 unspecified atom stereocenters. The summed E-state index contributed by atoms with van der Waals surface area (Å²) in [6, 6.07) is 4.37. The molecule has 0 radical (unpaired) electrons. The number of carbonyl (C=O) groups excluding carboxylic acids is 2. The second kappa shape index (κ2) is 13.1. The molecule has 3 rings (SSSR count). The maximum absolute atomic E-state index is 15.3. The monoisotopic (exact) mass is 530 g/mol. The van der Waals surface area contributed by atoms with E-state index in [-0.39, 0.29) is 37.1 Å². The Hall–Kier alpha value is -2.42. The zero-order valence-electron chi connectivity index (χ0n) is 23.1. The maximum atomic E-state index is 15.3. The van der Waals surface area contributed by atoms with Crippen LogP contribution in [0.2, 0.25) is 0 Å². The van der Waals surface area contributed by atoms with Crippen molar-refractivity contribution in [2.75, 3.05) is 6.61 Å². The zero-order chi connectivity index (χ0) is 27.9. The molecule has 0 spiro atoms. The van der Waals surface area contributed by atoms with Gasteiger partial charge >= 0.3 is 0 Å². The Bertz CT molecular complexity index is 1020. The number of epoxide rings is 1. The van der Waals surface area contributed by atoms with Gasteiger partial charge in [-0.3, -0.25) is 14.6 Å². The number of nitrogens with one attached hydrogen (secondary N) is 1. The number of halogens is 1. The Morgan fingerprint density at radius 2 is 1.97 bits per heavy atom. The summed E-state index contributed by atoms with van der Waals surface area (Å²) in [5, 5.41) is 25.3. The number of amides is 1. The van der Waals surface area contributed by atoms with Crippen LogP contribution in [0, 0.1) is 17.3 Å². The van der Waals surface area contributed by atoms with Crippen LogP contribution in [0.3, 0.4) is 0 Å². The molecule has 3 N–H and O–H groups in total. The second-order valence-corrected chi connectivity index (χ2v) is 11.6. The van der Waals surface area contributed by atoms with Crippen LogP contribution in [0.15, 0.2) is 41.9 Å². The molecule has 0 aliphatic carbocycles. The topological polar surface area (TPSA) is 112 Å². The Morgan fingerprint density at radius 1 is 1.24 bits per heavy atom. The molecule has 0 saturated carbocycles. The fraction of sp³-hybridized carbons (Fsp3) is 0.633. The Morgan fingerprint density at radius 3 is 2.63 bits per heavy atom. The highest BCUT2D eigenvalue weighted by Crippen LogP contribution is 2.39. The third-order valence-electron chi connectivity index (χ3n) is 7.93. The molecule has 1 fully saturated rings. The van der Waals surface area contributed by atoms with E-state index in [1.165, 1.54) is 6.08 Å². The molecule has 2 aliphatic rings. The highest BCUT2D eigenvalue weighted by molar-refractivity contribution is 5.88. The van der Waals surface area contributed by atoms with E-state index < -0.39 is 34.9 Å². The van der Waals surface area contributed by atoms with Crippen molar-refractivity contribution in [1.29, 1.82) is 0 Å². The Labute approximate surface area is 225 Å². The lowest BCUT2D eigenvalue weighted by Crippen LogP contribution is -2.51. The number of hydrogen-bond acceptors (Lipinski definition) is 6. The van der Waals surface area contributed by atoms with Crippen molar-refractivity contribution in [3.63, 3.8) is 0 Å². The molecule has 0 aromatic carbocycles. The lowest BCUT2D eigenvalue weighted by molar-refractivity contribution is -0.235. The van der Waals surface area contributed by atoms with Crippen LogP contribution < -0.4 is 5.32 Å². The third kappa shape index (κ3) is 8.55. The number of hydrogen-bond donors (Lipinski definition) is 3. The smallest absolute Gasteiger partial charge is 0.220 e. The van der Waals surface area contributed by atoms with Crippen LogP contribution in [0.5, 0.6) is 0 Å². The summed E-state index contributed by atoms with van der Waals surface area (Å²) < 4.78 is 20.6. The molecule has 1 aromatic heterocycles. The molecule has 2 aliphatic heterocycles. The second-order valence-electron chi connectivity index (χ2n) is 11.6. The van der Waals surface area contributed by atoms with Gasteiger partial charge in [0.1, 0.15) is 11.6 Å². The van der Waals surface area contributed by atoms with Crippen LogP contribution in [0.25, 0.3) is 6.08 Å². The quantitative estimate of drug-likeness (QED) is 0.284. The summed E-state index contributed by atoms with van der Waals surface area (Å²) >= 11 is 0. The van der Waals surface area contributed by atoms with Crippen LogP contribution in [0.4, 0.5) is 4.39 Å². The van der Waals surface area contributed by atoms with Crippen molar-refractivity contribution in [2.45, 2.75) is 97.0 Å². The summed E-state index contributed by atoms with van der Waals surface area (Å²) in [5.74, 6) is -4.81. The number of pyridine rings is 1. The highest BCUT2D eigenvalue weighted by Gasteiger charge is 2.48. The maximum Gasteiger partial charge on any atom is 0.220 e. The fourth-order valence-electron chi connectivity index (χ4n) is 5.02. The number of aromatic nitrogens is 1. The predicted molar refractivity (Wildman–Crippen MR) is 144 cm³/mol. The van der Waals surface area contributed by atoms with Gasteiger partial charge in [0, 0.05) is 24.0 Å². The normalized spacial score (nSPS) is 29.3. The first kappa shape index (κ1) is 30.1. The van der Waals surface area contributed by atoms with E-state index in [0.717, 1.165) is 5.57 Å². The first-order chi connectivity index (χ1) is 17.9. The van der Waals surface area contributed by atoms with Crippen molar-refractivity contribution >= 4 is 17.8 Å². The predicted octanol–water partition coefficient (Wildman–Crippen LogP) is 4.88. The van der Waals surface area contributed by atoms with Crippen molar-refractivity contribution in [3.8, 4) is 0 Å². The molecule has 0 bridgehead atoms. The van der Waals surface area contributed by atoms with Gasteiger partial charge in [-0.05, 0) is 70.1 Å². The molecule has 7 nitrogen and oxygen atoms in total. The first-order valence-corrected chi connectivity index (χ1v) is 13.7. The van der Waals surface area contributed by atoms with Crippen molar-refractivity contribution < 1.29 is 28.9 Å². The minimum absolute atomic E-state index is 0.00662. The van der Waals surface area contributed by atoms with E-state index in [1.54, 1.807) is 45.2 Å². The lowest BCUT2D eigenvalue weighted by atomic mass is 9.70. The SMILES string of the molecule is CC1=CCC(C(F)=Cc2ccccn2)NC(=O)CCC(C)(C)C(=O)C(CCC2CO2)C(O)(O)C(C)CCC1. The molecular formula is C30H43FN2O5. The number of aliphatic hydroxyl groups is 2. The van der Waals surface area contributed by atoms with Crippen molar-refractivity contribution in [1.82, 2.24) is 10.3 Å².